The molecule has 0 unspecified atom stereocenters. The number of benzene rings is 1. The molecule has 0 spiro atoms. The summed E-state index contributed by atoms with van der Waals surface area (Å²) in [6.45, 7) is 3.94. The molecule has 5 heteroatoms. The Morgan fingerprint density at radius 2 is 1.82 bits per heavy atom. The van der Waals surface area contributed by atoms with Crippen LogP contribution in [0.2, 0.25) is 0 Å². The van der Waals surface area contributed by atoms with Crippen LogP contribution in [0.25, 0.3) is 10.9 Å². The smallest absolute Gasteiger partial charge is 0.227 e. The molecule has 0 radical (unpaired) electrons. The first kappa shape index (κ1) is 18.2. The van der Waals surface area contributed by atoms with Crippen LogP contribution in [0, 0.1) is 11.8 Å². The van der Waals surface area contributed by atoms with Crippen LogP contribution in [0.15, 0.2) is 30.5 Å². The lowest BCUT2D eigenvalue weighted by Gasteiger charge is -2.40. The Morgan fingerprint density at radius 1 is 1.11 bits per heavy atom. The van der Waals surface area contributed by atoms with Crippen molar-refractivity contribution in [1.82, 2.24) is 14.4 Å². The summed E-state index contributed by atoms with van der Waals surface area (Å²) in [6.07, 6.45) is 6.75. The third kappa shape index (κ3) is 3.15. The molecule has 2 aliphatic heterocycles. The molecule has 3 fully saturated rings. The summed E-state index contributed by atoms with van der Waals surface area (Å²) >= 11 is 0. The van der Waals surface area contributed by atoms with Crippen LogP contribution in [0.3, 0.4) is 0 Å². The summed E-state index contributed by atoms with van der Waals surface area (Å²) in [5, 5.41) is 11.9. The largest absolute Gasteiger partial charge is 0.391 e. The molecule has 3 heterocycles. The van der Waals surface area contributed by atoms with Gasteiger partial charge in [-0.25, -0.2) is 0 Å². The van der Waals surface area contributed by atoms with E-state index in [2.05, 4.69) is 32.7 Å². The van der Waals surface area contributed by atoms with Crippen molar-refractivity contribution >= 4 is 16.8 Å². The van der Waals surface area contributed by atoms with E-state index >= 15 is 0 Å². The van der Waals surface area contributed by atoms with Gasteiger partial charge in [-0.15, -0.1) is 0 Å². The van der Waals surface area contributed by atoms with Gasteiger partial charge in [-0.1, -0.05) is 18.2 Å². The summed E-state index contributed by atoms with van der Waals surface area (Å²) in [4.78, 5) is 17.6. The number of aromatic nitrogens is 1. The van der Waals surface area contributed by atoms with Crippen molar-refractivity contribution in [1.29, 1.82) is 0 Å². The Kier molecular flexibility index (Phi) is 4.68. The van der Waals surface area contributed by atoms with Gasteiger partial charge in [-0.2, -0.15) is 0 Å². The van der Waals surface area contributed by atoms with E-state index in [9.17, 15) is 9.90 Å². The lowest BCUT2D eigenvalue weighted by molar-refractivity contribution is -0.129. The number of amides is 1. The second-order valence-electron chi connectivity index (χ2n) is 9.13. The molecule has 2 aromatic rings. The van der Waals surface area contributed by atoms with Gasteiger partial charge in [0.05, 0.1) is 12.5 Å². The molecule has 5 nitrogen and oxygen atoms in total. The number of nitrogens with zero attached hydrogens (tertiary/aromatic N) is 3. The van der Waals surface area contributed by atoms with Crippen molar-refractivity contribution in [2.75, 3.05) is 26.2 Å². The maximum atomic E-state index is 13.1. The van der Waals surface area contributed by atoms with E-state index in [1.165, 1.54) is 23.7 Å². The molecule has 5 rings (SSSR count). The van der Waals surface area contributed by atoms with Crippen molar-refractivity contribution in [2.24, 2.45) is 18.9 Å². The number of hydrogen-bond acceptors (Lipinski definition) is 3. The fraction of sp³-hybridized carbons (Fsp3) is 0.609. The predicted molar refractivity (Wildman–Crippen MR) is 110 cm³/mol. The SMILES string of the molecule is Cn1cc(CC(=O)N2C[C@H]3C[C@@H](N4CCCC4)[C@H](O)C[C@H]3C2)c2ccccc21. The highest BCUT2D eigenvalue weighted by Crippen LogP contribution is 2.39. The summed E-state index contributed by atoms with van der Waals surface area (Å²) < 4.78 is 2.11. The predicted octanol–water partition coefficient (Wildman–Crippen LogP) is 2.41. The molecule has 4 atom stereocenters. The molecule has 1 aromatic carbocycles. The molecule has 1 amide bonds. The molecule has 3 aliphatic rings. The maximum Gasteiger partial charge on any atom is 0.227 e. The standard InChI is InChI=1S/C23H31N3O2/c1-24-13-18(19-6-2-3-7-20(19)24)12-23(28)26-14-16-10-21(25-8-4-5-9-25)22(27)11-17(16)15-26/h2-3,6-7,13,16-17,21-22,27H,4-5,8-12,14-15H2,1H3/t16-,17+,21-,22-/m1/s1. The van der Waals surface area contributed by atoms with E-state index in [0.717, 1.165) is 44.6 Å². The molecule has 1 saturated carbocycles. The van der Waals surface area contributed by atoms with Crippen LogP contribution >= 0.6 is 0 Å². The molecule has 1 aromatic heterocycles. The minimum absolute atomic E-state index is 0.229. The van der Waals surface area contributed by atoms with Crippen LogP contribution in [0.4, 0.5) is 0 Å². The number of likely N-dealkylation sites (tertiary alicyclic amines) is 2. The van der Waals surface area contributed by atoms with Crippen LogP contribution in [0.5, 0.6) is 0 Å². The number of aliphatic hydroxyl groups excluding tert-OH is 1. The maximum absolute atomic E-state index is 13.1. The first-order valence-corrected chi connectivity index (χ1v) is 10.8. The van der Waals surface area contributed by atoms with Gasteiger partial charge in [-0.05, 0) is 62.2 Å². The number of aliphatic hydroxyl groups is 1. The van der Waals surface area contributed by atoms with E-state index in [1.807, 2.05) is 19.2 Å². The Labute approximate surface area is 166 Å². The highest BCUT2D eigenvalue weighted by molar-refractivity contribution is 5.89. The van der Waals surface area contributed by atoms with Crippen LogP contribution in [-0.2, 0) is 18.3 Å². The van der Waals surface area contributed by atoms with Gasteiger partial charge in [0.25, 0.3) is 0 Å². The van der Waals surface area contributed by atoms with Crippen molar-refractivity contribution in [2.45, 2.75) is 44.2 Å². The number of para-hydroxylation sites is 1. The van der Waals surface area contributed by atoms with E-state index in [4.69, 9.17) is 0 Å². The Morgan fingerprint density at radius 3 is 2.61 bits per heavy atom. The van der Waals surface area contributed by atoms with E-state index in [-0.39, 0.29) is 12.0 Å². The van der Waals surface area contributed by atoms with E-state index in [0.29, 0.717) is 24.3 Å². The molecule has 28 heavy (non-hydrogen) atoms. The van der Waals surface area contributed by atoms with E-state index in [1.54, 1.807) is 0 Å². The van der Waals surface area contributed by atoms with E-state index < -0.39 is 0 Å². The minimum Gasteiger partial charge on any atom is -0.391 e. The zero-order valence-corrected chi connectivity index (χ0v) is 16.8. The summed E-state index contributed by atoms with van der Waals surface area (Å²) in [6, 6.07) is 8.60. The molecule has 1 aliphatic carbocycles. The van der Waals surface area contributed by atoms with Crippen molar-refractivity contribution < 1.29 is 9.90 Å². The van der Waals surface area contributed by atoms with Crippen LogP contribution in [-0.4, -0.2) is 63.7 Å². The third-order valence-corrected chi connectivity index (χ3v) is 7.39. The van der Waals surface area contributed by atoms with Crippen LogP contribution < -0.4 is 0 Å². The van der Waals surface area contributed by atoms with Gasteiger partial charge >= 0.3 is 0 Å². The third-order valence-electron chi connectivity index (χ3n) is 7.39. The molecule has 150 valence electrons. The fourth-order valence-electron chi connectivity index (χ4n) is 5.92. The fourth-order valence-corrected chi connectivity index (χ4v) is 5.92. The number of hydrogen-bond donors (Lipinski definition) is 1. The van der Waals surface area contributed by atoms with Crippen molar-refractivity contribution in [3.63, 3.8) is 0 Å². The lowest BCUT2D eigenvalue weighted by Crippen LogP contribution is -2.48. The van der Waals surface area contributed by atoms with Gasteiger partial charge in [0.2, 0.25) is 5.91 Å². The molecule has 1 N–H and O–H groups in total. The summed E-state index contributed by atoms with van der Waals surface area (Å²) in [7, 11) is 2.04. The number of carbonyl (C=O) groups excluding carboxylic acids is 1. The summed E-state index contributed by atoms with van der Waals surface area (Å²) in [5.41, 5.74) is 2.30. The zero-order chi connectivity index (χ0) is 19.3. The number of fused-ring (bicyclic) bond motifs is 2. The van der Waals surface area contributed by atoms with Gasteiger partial charge in [-0.3, -0.25) is 9.69 Å². The lowest BCUT2D eigenvalue weighted by atomic mass is 9.77. The average Bonchev–Trinajstić information content (AvgIpc) is 3.41. The van der Waals surface area contributed by atoms with Crippen LogP contribution in [0.1, 0.15) is 31.2 Å². The highest BCUT2D eigenvalue weighted by Gasteiger charge is 2.44. The van der Waals surface area contributed by atoms with Crippen molar-refractivity contribution in [3.05, 3.63) is 36.0 Å². The normalized spacial score (nSPS) is 30.9. The number of carbonyl (C=O) groups is 1. The molecular formula is C23H31N3O2. The van der Waals surface area contributed by atoms with Gasteiger partial charge in [0.1, 0.15) is 0 Å². The minimum atomic E-state index is -0.229. The number of aryl methyl sites for hydroxylation is 1. The Hall–Kier alpha value is -1.85. The van der Waals surface area contributed by atoms with Gasteiger partial charge < -0.3 is 14.6 Å². The monoisotopic (exact) mass is 381 g/mol. The topological polar surface area (TPSA) is 48.7 Å². The Bertz CT molecular complexity index is 870. The number of rotatable bonds is 3. The van der Waals surface area contributed by atoms with Gasteiger partial charge in [0.15, 0.2) is 0 Å². The second kappa shape index (κ2) is 7.20. The van der Waals surface area contributed by atoms with Gasteiger partial charge in [0, 0.05) is 43.3 Å². The quantitative estimate of drug-likeness (QED) is 0.888. The molecular weight excluding hydrogens is 350 g/mol. The first-order valence-electron chi connectivity index (χ1n) is 10.8. The molecule has 0 bridgehead atoms. The second-order valence-corrected chi connectivity index (χ2v) is 9.13. The zero-order valence-electron chi connectivity index (χ0n) is 16.8. The molecule has 2 saturated heterocycles. The Balaban J connectivity index is 1.27. The average molecular weight is 382 g/mol. The highest BCUT2D eigenvalue weighted by atomic mass is 16.3. The first-order chi connectivity index (χ1) is 13.6. The van der Waals surface area contributed by atoms with Crippen molar-refractivity contribution in [3.8, 4) is 0 Å². The summed E-state index contributed by atoms with van der Waals surface area (Å²) in [5.74, 6) is 1.24.